The van der Waals surface area contributed by atoms with Crippen LogP contribution in [0.4, 0.5) is 0 Å². The van der Waals surface area contributed by atoms with E-state index in [1.807, 2.05) is 64.5 Å². The minimum Gasteiger partial charge on any atom is -0.340 e. The zero-order chi connectivity index (χ0) is 25.2. The van der Waals surface area contributed by atoms with Crippen LogP contribution >= 0.6 is 0 Å². The Labute approximate surface area is 217 Å². The fourth-order valence-corrected chi connectivity index (χ4v) is 5.83. The summed E-state index contributed by atoms with van der Waals surface area (Å²) in [5.74, 6) is 0.327. The average molecular weight is 493 g/mol. The highest BCUT2D eigenvalue weighted by atomic mass is 16.2. The molecule has 0 atom stereocenters. The van der Waals surface area contributed by atoms with E-state index in [4.69, 9.17) is 0 Å². The fourth-order valence-electron chi connectivity index (χ4n) is 5.83. The molecular formula is C31H32N4O2. The highest BCUT2D eigenvalue weighted by Gasteiger charge is 2.32. The molecule has 0 N–H and O–H groups in total. The lowest BCUT2D eigenvalue weighted by molar-refractivity contribution is -0.138. The molecule has 6 nitrogen and oxygen atoms in total. The standard InChI is InChI=1S/C31H32N4O2/c36-30(35-20-18-33(19-21-35)22-26-9-3-8-24-10-5-15-32-29(24)26)25-13-16-34(17-14-25)31(37)28-12-4-7-23-6-1-2-11-27(23)28/h1-12,15,25H,13-14,16-22H2. The molecule has 3 aromatic carbocycles. The molecule has 0 spiro atoms. The molecule has 6 rings (SSSR count). The molecule has 0 radical (unpaired) electrons. The maximum Gasteiger partial charge on any atom is 0.254 e. The van der Waals surface area contributed by atoms with Gasteiger partial charge in [-0.25, -0.2) is 0 Å². The molecule has 2 aliphatic rings. The molecule has 0 unspecified atom stereocenters. The Bertz CT molecular complexity index is 1430. The van der Waals surface area contributed by atoms with Gasteiger partial charge in [0, 0.05) is 68.9 Å². The van der Waals surface area contributed by atoms with Crippen molar-refractivity contribution < 1.29 is 9.59 Å². The molecule has 0 aliphatic carbocycles. The van der Waals surface area contributed by atoms with Gasteiger partial charge in [0.1, 0.15) is 0 Å². The molecule has 4 aromatic rings. The number of fused-ring (bicyclic) bond motifs is 2. The Balaban J connectivity index is 1.03. The lowest BCUT2D eigenvalue weighted by atomic mass is 9.94. The molecule has 2 saturated heterocycles. The van der Waals surface area contributed by atoms with Gasteiger partial charge in [0.15, 0.2) is 0 Å². The van der Waals surface area contributed by atoms with E-state index in [0.717, 1.165) is 67.4 Å². The predicted molar refractivity (Wildman–Crippen MR) is 146 cm³/mol. The summed E-state index contributed by atoms with van der Waals surface area (Å²) in [5, 5.41) is 3.23. The van der Waals surface area contributed by atoms with Gasteiger partial charge in [-0.05, 0) is 41.3 Å². The van der Waals surface area contributed by atoms with E-state index in [2.05, 4.69) is 34.1 Å². The van der Waals surface area contributed by atoms with E-state index in [-0.39, 0.29) is 17.7 Å². The van der Waals surface area contributed by atoms with E-state index >= 15 is 0 Å². The summed E-state index contributed by atoms with van der Waals surface area (Å²) in [7, 11) is 0. The van der Waals surface area contributed by atoms with Crippen molar-refractivity contribution in [2.24, 2.45) is 5.92 Å². The summed E-state index contributed by atoms with van der Waals surface area (Å²) in [6.45, 7) is 5.36. The van der Waals surface area contributed by atoms with Gasteiger partial charge in [-0.1, -0.05) is 60.7 Å². The summed E-state index contributed by atoms with van der Waals surface area (Å²) < 4.78 is 0. The number of nitrogens with zero attached hydrogens (tertiary/aromatic N) is 4. The van der Waals surface area contributed by atoms with Crippen LogP contribution in [0.3, 0.4) is 0 Å². The summed E-state index contributed by atoms with van der Waals surface area (Å²) in [6, 6.07) is 24.3. The maximum absolute atomic E-state index is 13.3. The molecule has 37 heavy (non-hydrogen) atoms. The normalized spacial score (nSPS) is 17.4. The number of piperidine rings is 1. The van der Waals surface area contributed by atoms with Gasteiger partial charge in [-0.15, -0.1) is 0 Å². The number of piperazine rings is 1. The van der Waals surface area contributed by atoms with Crippen LogP contribution < -0.4 is 0 Å². The number of hydrogen-bond donors (Lipinski definition) is 0. The minimum absolute atomic E-state index is 0.00499. The van der Waals surface area contributed by atoms with Gasteiger partial charge in [-0.2, -0.15) is 0 Å². The largest absolute Gasteiger partial charge is 0.340 e. The lowest BCUT2D eigenvalue weighted by Crippen LogP contribution is -2.51. The molecule has 2 fully saturated rings. The molecule has 0 saturated carbocycles. The molecular weight excluding hydrogens is 460 g/mol. The minimum atomic E-state index is 0.00499. The van der Waals surface area contributed by atoms with Crippen LogP contribution in [-0.4, -0.2) is 70.8 Å². The van der Waals surface area contributed by atoms with Crippen molar-refractivity contribution in [3.63, 3.8) is 0 Å². The number of carbonyl (C=O) groups excluding carboxylic acids is 2. The van der Waals surface area contributed by atoms with Crippen LogP contribution in [0.5, 0.6) is 0 Å². The Morgan fingerprint density at radius 2 is 1.43 bits per heavy atom. The summed E-state index contributed by atoms with van der Waals surface area (Å²) in [6.07, 6.45) is 3.32. The second-order valence-electron chi connectivity index (χ2n) is 10.2. The number of rotatable bonds is 4. The third kappa shape index (κ3) is 4.81. The smallest absolute Gasteiger partial charge is 0.254 e. The first-order chi connectivity index (χ1) is 18.2. The highest BCUT2D eigenvalue weighted by Crippen LogP contribution is 2.25. The van der Waals surface area contributed by atoms with Crippen molar-refractivity contribution >= 4 is 33.5 Å². The third-order valence-corrected chi connectivity index (χ3v) is 7.95. The number of amides is 2. The van der Waals surface area contributed by atoms with Gasteiger partial charge in [0.25, 0.3) is 5.91 Å². The molecule has 3 heterocycles. The van der Waals surface area contributed by atoms with Crippen molar-refractivity contribution in [1.82, 2.24) is 19.7 Å². The van der Waals surface area contributed by atoms with Crippen LogP contribution in [0.25, 0.3) is 21.7 Å². The van der Waals surface area contributed by atoms with Crippen molar-refractivity contribution in [3.8, 4) is 0 Å². The fraction of sp³-hybridized carbons (Fsp3) is 0.323. The lowest BCUT2D eigenvalue weighted by Gasteiger charge is -2.38. The highest BCUT2D eigenvalue weighted by molar-refractivity contribution is 6.07. The molecule has 188 valence electrons. The first-order valence-electron chi connectivity index (χ1n) is 13.3. The Morgan fingerprint density at radius 3 is 2.27 bits per heavy atom. The predicted octanol–water partition coefficient (Wildman–Crippen LogP) is 4.58. The first-order valence-corrected chi connectivity index (χ1v) is 13.3. The van der Waals surface area contributed by atoms with Crippen LogP contribution in [0.1, 0.15) is 28.8 Å². The topological polar surface area (TPSA) is 56.8 Å². The summed E-state index contributed by atoms with van der Waals surface area (Å²) >= 11 is 0. The van der Waals surface area contributed by atoms with E-state index < -0.39 is 0 Å². The molecule has 6 heteroatoms. The Morgan fingerprint density at radius 1 is 0.730 bits per heavy atom. The molecule has 2 aliphatic heterocycles. The van der Waals surface area contributed by atoms with Crippen molar-refractivity contribution in [2.75, 3.05) is 39.3 Å². The van der Waals surface area contributed by atoms with Gasteiger partial charge in [0.2, 0.25) is 5.91 Å². The number of para-hydroxylation sites is 1. The molecule has 2 amide bonds. The second-order valence-corrected chi connectivity index (χ2v) is 10.2. The number of pyridine rings is 1. The third-order valence-electron chi connectivity index (χ3n) is 7.95. The SMILES string of the molecule is O=C(c1cccc2ccccc12)N1CCC(C(=O)N2CCN(Cc3cccc4cccnc34)CC2)CC1. The average Bonchev–Trinajstić information content (AvgIpc) is 2.97. The summed E-state index contributed by atoms with van der Waals surface area (Å²) in [5.41, 5.74) is 3.05. The van der Waals surface area contributed by atoms with E-state index in [0.29, 0.717) is 13.1 Å². The number of benzene rings is 3. The Hall–Kier alpha value is -3.77. The van der Waals surface area contributed by atoms with Crippen molar-refractivity contribution in [3.05, 3.63) is 90.1 Å². The number of likely N-dealkylation sites (tertiary alicyclic amines) is 1. The van der Waals surface area contributed by atoms with Crippen LogP contribution in [0.2, 0.25) is 0 Å². The zero-order valence-electron chi connectivity index (χ0n) is 21.1. The van der Waals surface area contributed by atoms with E-state index in [1.54, 1.807) is 0 Å². The molecule has 0 bridgehead atoms. The van der Waals surface area contributed by atoms with Crippen LogP contribution in [0, 0.1) is 5.92 Å². The quantitative estimate of drug-likeness (QED) is 0.418. The van der Waals surface area contributed by atoms with Gasteiger partial charge < -0.3 is 9.80 Å². The Kier molecular flexibility index (Phi) is 6.58. The van der Waals surface area contributed by atoms with Crippen LogP contribution in [0.15, 0.2) is 79.0 Å². The number of aromatic nitrogens is 1. The first kappa shape index (κ1) is 23.6. The van der Waals surface area contributed by atoms with Crippen LogP contribution in [-0.2, 0) is 11.3 Å². The van der Waals surface area contributed by atoms with E-state index in [1.165, 1.54) is 10.9 Å². The number of hydrogen-bond acceptors (Lipinski definition) is 4. The zero-order valence-corrected chi connectivity index (χ0v) is 21.1. The maximum atomic E-state index is 13.3. The number of carbonyl (C=O) groups is 2. The van der Waals surface area contributed by atoms with Gasteiger partial charge in [0.05, 0.1) is 5.52 Å². The van der Waals surface area contributed by atoms with Crippen molar-refractivity contribution in [1.29, 1.82) is 0 Å². The molecule has 1 aromatic heterocycles. The van der Waals surface area contributed by atoms with Crippen molar-refractivity contribution in [2.45, 2.75) is 19.4 Å². The van der Waals surface area contributed by atoms with Gasteiger partial charge in [-0.3, -0.25) is 19.5 Å². The monoisotopic (exact) mass is 492 g/mol. The van der Waals surface area contributed by atoms with E-state index in [9.17, 15) is 9.59 Å². The van der Waals surface area contributed by atoms with Gasteiger partial charge >= 0.3 is 0 Å². The second kappa shape index (κ2) is 10.3. The summed E-state index contributed by atoms with van der Waals surface area (Å²) in [4.78, 5) is 37.5.